The van der Waals surface area contributed by atoms with E-state index in [2.05, 4.69) is 0 Å². The molecule has 0 saturated carbocycles. The number of carboxylic acids is 1. The van der Waals surface area contributed by atoms with Gasteiger partial charge in [-0.25, -0.2) is 9.59 Å². The minimum Gasteiger partial charge on any atom is -0.480 e. The molecule has 2 amide bonds. The SMILES string of the molecule is CN(CCC#N)C(=O)N1Cc2ccccc2C[C@H]1C(=O)O. The predicted octanol–water partition coefficient (Wildman–Crippen LogP) is 1.46. The van der Waals surface area contributed by atoms with Gasteiger partial charge in [-0.15, -0.1) is 0 Å². The first kappa shape index (κ1) is 14.9. The highest BCUT2D eigenvalue weighted by atomic mass is 16.4. The predicted molar refractivity (Wildman–Crippen MR) is 75.4 cm³/mol. The van der Waals surface area contributed by atoms with Crippen LogP contribution in [0.15, 0.2) is 24.3 Å². The molecule has 1 aliphatic rings. The molecule has 0 aromatic heterocycles. The Hall–Kier alpha value is -2.55. The lowest BCUT2D eigenvalue weighted by atomic mass is 9.94. The highest BCUT2D eigenvalue weighted by Crippen LogP contribution is 2.24. The number of carbonyl (C=O) groups excluding carboxylic acids is 1. The molecule has 1 heterocycles. The molecule has 0 fully saturated rings. The summed E-state index contributed by atoms with van der Waals surface area (Å²) in [4.78, 5) is 26.6. The highest BCUT2D eigenvalue weighted by Gasteiger charge is 2.35. The summed E-state index contributed by atoms with van der Waals surface area (Å²) >= 11 is 0. The van der Waals surface area contributed by atoms with Crippen molar-refractivity contribution in [2.75, 3.05) is 13.6 Å². The number of amides is 2. The maximum Gasteiger partial charge on any atom is 0.326 e. The first-order chi connectivity index (χ1) is 10.0. The lowest BCUT2D eigenvalue weighted by molar-refractivity contribution is -0.142. The highest BCUT2D eigenvalue weighted by molar-refractivity contribution is 5.83. The number of hydrogen-bond donors (Lipinski definition) is 1. The fraction of sp³-hybridized carbons (Fsp3) is 0.400. The maximum atomic E-state index is 12.4. The van der Waals surface area contributed by atoms with Crippen LogP contribution in [0.25, 0.3) is 0 Å². The molecule has 110 valence electrons. The topological polar surface area (TPSA) is 84.6 Å². The van der Waals surface area contributed by atoms with Gasteiger partial charge < -0.3 is 14.9 Å². The number of fused-ring (bicyclic) bond motifs is 1. The number of rotatable bonds is 3. The third-order valence-electron chi connectivity index (χ3n) is 3.66. The van der Waals surface area contributed by atoms with Crippen LogP contribution in [-0.4, -0.2) is 46.5 Å². The molecule has 0 bridgehead atoms. The van der Waals surface area contributed by atoms with Crippen molar-refractivity contribution in [1.82, 2.24) is 9.80 Å². The van der Waals surface area contributed by atoms with Gasteiger partial charge >= 0.3 is 12.0 Å². The molecule has 1 atom stereocenters. The Kier molecular flexibility index (Phi) is 4.43. The Labute approximate surface area is 123 Å². The van der Waals surface area contributed by atoms with Crippen LogP contribution in [-0.2, 0) is 17.8 Å². The number of carbonyl (C=O) groups is 2. The number of carboxylic acid groups (broad SMARTS) is 1. The summed E-state index contributed by atoms with van der Waals surface area (Å²) in [5, 5.41) is 18.0. The van der Waals surface area contributed by atoms with Gasteiger partial charge in [-0.3, -0.25) is 0 Å². The minimum atomic E-state index is -1.01. The molecular weight excluding hydrogens is 270 g/mol. The molecule has 1 aromatic rings. The van der Waals surface area contributed by atoms with Crippen molar-refractivity contribution in [3.05, 3.63) is 35.4 Å². The van der Waals surface area contributed by atoms with Crippen molar-refractivity contribution in [3.63, 3.8) is 0 Å². The van der Waals surface area contributed by atoms with Crippen molar-refractivity contribution < 1.29 is 14.7 Å². The number of urea groups is 1. The number of nitriles is 1. The second kappa shape index (κ2) is 6.27. The van der Waals surface area contributed by atoms with E-state index in [1.54, 1.807) is 7.05 Å². The Morgan fingerprint density at radius 2 is 2.10 bits per heavy atom. The number of hydrogen-bond acceptors (Lipinski definition) is 3. The van der Waals surface area contributed by atoms with E-state index in [9.17, 15) is 14.7 Å². The van der Waals surface area contributed by atoms with Crippen molar-refractivity contribution in [2.24, 2.45) is 0 Å². The molecule has 1 aromatic carbocycles. The number of aliphatic carboxylic acids is 1. The normalized spacial score (nSPS) is 16.8. The Morgan fingerprint density at radius 3 is 2.71 bits per heavy atom. The fourth-order valence-corrected chi connectivity index (χ4v) is 2.48. The minimum absolute atomic E-state index is 0.227. The van der Waals surface area contributed by atoms with E-state index < -0.39 is 12.0 Å². The molecule has 0 radical (unpaired) electrons. The van der Waals surface area contributed by atoms with Crippen molar-refractivity contribution in [3.8, 4) is 6.07 Å². The van der Waals surface area contributed by atoms with Gasteiger partial charge in [0.25, 0.3) is 0 Å². The summed E-state index contributed by atoms with van der Waals surface area (Å²) in [6, 6.07) is 8.31. The van der Waals surface area contributed by atoms with Crippen LogP contribution in [0.5, 0.6) is 0 Å². The second-order valence-electron chi connectivity index (χ2n) is 5.07. The van der Waals surface area contributed by atoms with E-state index in [4.69, 9.17) is 5.26 Å². The Morgan fingerprint density at radius 1 is 1.43 bits per heavy atom. The molecule has 21 heavy (non-hydrogen) atoms. The first-order valence-corrected chi connectivity index (χ1v) is 6.73. The van der Waals surface area contributed by atoms with Crippen LogP contribution < -0.4 is 0 Å². The summed E-state index contributed by atoms with van der Waals surface area (Å²) in [6.07, 6.45) is 0.535. The second-order valence-corrected chi connectivity index (χ2v) is 5.07. The third kappa shape index (κ3) is 3.14. The van der Waals surface area contributed by atoms with Gasteiger partial charge in [0.05, 0.1) is 12.5 Å². The van der Waals surface area contributed by atoms with E-state index in [1.807, 2.05) is 30.3 Å². The average molecular weight is 287 g/mol. The zero-order valence-electron chi connectivity index (χ0n) is 11.8. The van der Waals surface area contributed by atoms with Crippen molar-refractivity contribution >= 4 is 12.0 Å². The summed E-state index contributed by atoms with van der Waals surface area (Å²) in [5.41, 5.74) is 1.94. The largest absolute Gasteiger partial charge is 0.480 e. The fourth-order valence-electron chi connectivity index (χ4n) is 2.48. The van der Waals surface area contributed by atoms with Gasteiger partial charge in [0.15, 0.2) is 0 Å². The average Bonchev–Trinajstić information content (AvgIpc) is 2.50. The zero-order chi connectivity index (χ0) is 15.4. The molecule has 2 rings (SSSR count). The van der Waals surface area contributed by atoms with Gasteiger partial charge in [0.2, 0.25) is 0 Å². The van der Waals surface area contributed by atoms with Gasteiger partial charge in [0, 0.05) is 26.6 Å². The van der Waals surface area contributed by atoms with E-state index in [0.29, 0.717) is 13.0 Å². The Balaban J connectivity index is 2.22. The molecule has 6 heteroatoms. The number of benzene rings is 1. The van der Waals surface area contributed by atoms with Gasteiger partial charge in [-0.2, -0.15) is 5.26 Å². The summed E-state index contributed by atoms with van der Waals surface area (Å²) in [7, 11) is 1.58. The summed E-state index contributed by atoms with van der Waals surface area (Å²) < 4.78 is 0. The van der Waals surface area contributed by atoms with Crippen LogP contribution >= 0.6 is 0 Å². The van der Waals surface area contributed by atoms with Crippen LogP contribution in [0.4, 0.5) is 4.79 Å². The standard InChI is InChI=1S/C15H17N3O3/c1-17(8-4-7-16)15(21)18-10-12-6-3-2-5-11(12)9-13(18)14(19)20/h2-3,5-6,13H,4,8-10H2,1H3,(H,19,20)/t13-/m0/s1. The molecular formula is C15H17N3O3. The van der Waals surface area contributed by atoms with Gasteiger partial charge in [-0.05, 0) is 11.1 Å². The van der Waals surface area contributed by atoms with Crippen LogP contribution in [0.1, 0.15) is 17.5 Å². The zero-order valence-corrected chi connectivity index (χ0v) is 11.8. The van der Waals surface area contributed by atoms with Gasteiger partial charge in [0.1, 0.15) is 6.04 Å². The van der Waals surface area contributed by atoms with E-state index >= 15 is 0 Å². The van der Waals surface area contributed by atoms with Gasteiger partial charge in [-0.1, -0.05) is 24.3 Å². The van der Waals surface area contributed by atoms with Crippen LogP contribution in [0, 0.1) is 11.3 Å². The van der Waals surface area contributed by atoms with Crippen molar-refractivity contribution in [1.29, 1.82) is 5.26 Å². The lowest BCUT2D eigenvalue weighted by Crippen LogP contribution is -2.52. The smallest absolute Gasteiger partial charge is 0.326 e. The summed E-state index contributed by atoms with van der Waals surface area (Å²) in [5.74, 6) is -1.01. The van der Waals surface area contributed by atoms with Crippen molar-refractivity contribution in [2.45, 2.75) is 25.4 Å². The van der Waals surface area contributed by atoms with Crippen LogP contribution in [0.2, 0.25) is 0 Å². The third-order valence-corrected chi connectivity index (χ3v) is 3.66. The molecule has 0 saturated heterocycles. The molecule has 0 aliphatic carbocycles. The molecule has 1 aliphatic heterocycles. The molecule has 0 spiro atoms. The molecule has 0 unspecified atom stereocenters. The van der Waals surface area contributed by atoms with E-state index in [-0.39, 0.29) is 19.0 Å². The summed E-state index contributed by atoms with van der Waals surface area (Å²) in [6.45, 7) is 0.572. The molecule has 6 nitrogen and oxygen atoms in total. The van der Waals surface area contributed by atoms with Crippen LogP contribution in [0.3, 0.4) is 0 Å². The monoisotopic (exact) mass is 287 g/mol. The first-order valence-electron chi connectivity index (χ1n) is 6.73. The Bertz CT molecular complexity index is 594. The quantitative estimate of drug-likeness (QED) is 0.912. The lowest BCUT2D eigenvalue weighted by Gasteiger charge is -2.36. The van der Waals surface area contributed by atoms with E-state index in [0.717, 1.165) is 11.1 Å². The number of nitrogens with zero attached hydrogens (tertiary/aromatic N) is 3. The molecule has 1 N–H and O–H groups in total. The maximum absolute atomic E-state index is 12.4. The van der Waals surface area contributed by atoms with E-state index in [1.165, 1.54) is 9.80 Å².